The topological polar surface area (TPSA) is 69.6 Å². The van der Waals surface area contributed by atoms with E-state index in [4.69, 9.17) is 0 Å². The Kier molecular flexibility index (Phi) is 53.2. The first-order valence-corrected chi connectivity index (χ1v) is 28.6. The summed E-state index contributed by atoms with van der Waals surface area (Å²) in [6.07, 6.45) is 72.0. The zero-order valence-electron chi connectivity index (χ0n) is 42.4. The number of hydrogen-bond acceptors (Lipinski definition) is 3. The van der Waals surface area contributed by atoms with E-state index in [2.05, 4.69) is 31.3 Å². The van der Waals surface area contributed by atoms with Gasteiger partial charge in [-0.15, -0.1) is 0 Å². The molecule has 0 saturated carbocycles. The van der Waals surface area contributed by atoms with Gasteiger partial charge < -0.3 is 15.5 Å². The molecule has 1 amide bonds. The molecule has 368 valence electrons. The molecule has 0 aliphatic rings. The second-order valence-corrected chi connectivity index (χ2v) is 19.7. The number of nitrogens with one attached hydrogen (secondary N) is 1. The standard InChI is InChI=1S/C58H113NO3/c1-3-5-7-9-11-13-15-17-19-21-23-25-27-29-31-33-35-37-39-41-43-45-47-49-51-53-57(61)56(55-60)59-58(62)54-52-50-48-46-44-42-40-38-36-34-32-30-28-26-24-22-20-18-16-14-12-10-8-6-4-2/h22,24,51,53,56-57,60-61H,3-21,23,25-50,52,54-55H2,1-2H3,(H,59,62)/b24-22-,53-51+. The number of allylic oxidation sites excluding steroid dienone is 3. The Balaban J connectivity index is 3.47. The summed E-state index contributed by atoms with van der Waals surface area (Å²) in [5, 5.41) is 23.2. The van der Waals surface area contributed by atoms with Crippen LogP contribution in [0.25, 0.3) is 0 Å². The van der Waals surface area contributed by atoms with Crippen molar-refractivity contribution >= 4 is 5.91 Å². The van der Waals surface area contributed by atoms with Crippen molar-refractivity contribution in [3.05, 3.63) is 24.3 Å². The van der Waals surface area contributed by atoms with E-state index in [0.29, 0.717) is 6.42 Å². The highest BCUT2D eigenvalue weighted by atomic mass is 16.3. The minimum atomic E-state index is -0.838. The van der Waals surface area contributed by atoms with Gasteiger partial charge in [-0.25, -0.2) is 0 Å². The smallest absolute Gasteiger partial charge is 0.220 e. The van der Waals surface area contributed by atoms with Crippen LogP contribution < -0.4 is 5.32 Å². The van der Waals surface area contributed by atoms with Gasteiger partial charge in [-0.3, -0.25) is 4.79 Å². The maximum atomic E-state index is 12.5. The maximum absolute atomic E-state index is 12.5. The number of aliphatic hydroxyl groups is 2. The zero-order valence-corrected chi connectivity index (χ0v) is 42.4. The zero-order chi connectivity index (χ0) is 44.9. The van der Waals surface area contributed by atoms with E-state index in [1.807, 2.05) is 6.08 Å². The summed E-state index contributed by atoms with van der Waals surface area (Å²) in [7, 11) is 0. The predicted octanol–water partition coefficient (Wildman–Crippen LogP) is 18.7. The van der Waals surface area contributed by atoms with Gasteiger partial charge in [0, 0.05) is 6.42 Å². The first-order chi connectivity index (χ1) is 30.7. The lowest BCUT2D eigenvalue weighted by Gasteiger charge is -2.20. The summed E-state index contributed by atoms with van der Waals surface area (Å²) in [4.78, 5) is 12.5. The predicted molar refractivity (Wildman–Crippen MR) is 276 cm³/mol. The second-order valence-electron chi connectivity index (χ2n) is 19.7. The van der Waals surface area contributed by atoms with Crippen LogP contribution in [0, 0.1) is 0 Å². The third-order valence-corrected chi connectivity index (χ3v) is 13.4. The van der Waals surface area contributed by atoms with Crippen LogP contribution in [0.2, 0.25) is 0 Å². The molecule has 0 radical (unpaired) electrons. The molecule has 0 bridgehead atoms. The van der Waals surface area contributed by atoms with Crippen LogP contribution >= 0.6 is 0 Å². The molecule has 0 aromatic rings. The second kappa shape index (κ2) is 54.2. The van der Waals surface area contributed by atoms with E-state index < -0.39 is 12.1 Å². The molecule has 2 atom stereocenters. The van der Waals surface area contributed by atoms with E-state index in [-0.39, 0.29) is 12.5 Å². The molecule has 0 aromatic carbocycles. The van der Waals surface area contributed by atoms with Crippen molar-refractivity contribution in [2.45, 2.75) is 334 Å². The average molecular weight is 873 g/mol. The van der Waals surface area contributed by atoms with Gasteiger partial charge in [0.1, 0.15) is 0 Å². The minimum Gasteiger partial charge on any atom is -0.394 e. The largest absolute Gasteiger partial charge is 0.394 e. The van der Waals surface area contributed by atoms with Gasteiger partial charge in [-0.2, -0.15) is 0 Å². The first-order valence-electron chi connectivity index (χ1n) is 28.6. The fourth-order valence-electron chi connectivity index (χ4n) is 9.06. The van der Waals surface area contributed by atoms with Gasteiger partial charge in [-0.05, 0) is 44.9 Å². The van der Waals surface area contributed by atoms with Crippen molar-refractivity contribution in [3.8, 4) is 0 Å². The highest BCUT2D eigenvalue weighted by Gasteiger charge is 2.18. The molecule has 0 aromatic heterocycles. The highest BCUT2D eigenvalue weighted by molar-refractivity contribution is 5.76. The molecule has 62 heavy (non-hydrogen) atoms. The van der Waals surface area contributed by atoms with Gasteiger partial charge in [-0.1, -0.05) is 295 Å². The van der Waals surface area contributed by atoms with Crippen molar-refractivity contribution in [1.29, 1.82) is 0 Å². The molecule has 0 aliphatic heterocycles. The van der Waals surface area contributed by atoms with Crippen molar-refractivity contribution < 1.29 is 15.0 Å². The number of carbonyl (C=O) groups excluding carboxylic acids is 1. The molecule has 4 heteroatoms. The first kappa shape index (κ1) is 60.9. The Labute approximate surface area is 389 Å². The minimum absolute atomic E-state index is 0.0585. The Morgan fingerprint density at radius 2 is 0.613 bits per heavy atom. The molecular weight excluding hydrogens is 759 g/mol. The lowest BCUT2D eigenvalue weighted by molar-refractivity contribution is -0.123. The maximum Gasteiger partial charge on any atom is 0.220 e. The lowest BCUT2D eigenvalue weighted by atomic mass is 10.0. The molecule has 4 nitrogen and oxygen atoms in total. The van der Waals surface area contributed by atoms with Gasteiger partial charge in [0.25, 0.3) is 0 Å². The van der Waals surface area contributed by atoms with E-state index in [1.165, 1.54) is 276 Å². The van der Waals surface area contributed by atoms with Crippen molar-refractivity contribution in [3.63, 3.8) is 0 Å². The Bertz CT molecular complexity index is 901. The third-order valence-electron chi connectivity index (χ3n) is 13.4. The van der Waals surface area contributed by atoms with E-state index in [9.17, 15) is 15.0 Å². The molecule has 0 spiro atoms. The van der Waals surface area contributed by atoms with Gasteiger partial charge in [0.2, 0.25) is 5.91 Å². The summed E-state index contributed by atoms with van der Waals surface area (Å²) >= 11 is 0. The Morgan fingerprint density at radius 1 is 0.371 bits per heavy atom. The number of hydrogen-bond donors (Lipinski definition) is 3. The SMILES string of the molecule is CCCCCCCCCC/C=C\CCCCCCCCCCCCCCCC(=O)NC(CO)C(O)/C=C/CCCCCCCCCCCCCCCCCCCCCCCCC. The Hall–Kier alpha value is -1.13. The van der Waals surface area contributed by atoms with Crippen LogP contribution in [0.15, 0.2) is 24.3 Å². The number of unbranched alkanes of at least 4 members (excludes halogenated alkanes) is 44. The number of aliphatic hydroxyl groups excluding tert-OH is 2. The lowest BCUT2D eigenvalue weighted by Crippen LogP contribution is -2.45. The molecule has 3 N–H and O–H groups in total. The van der Waals surface area contributed by atoms with Crippen molar-refractivity contribution in [2.24, 2.45) is 0 Å². The fraction of sp³-hybridized carbons (Fsp3) is 0.914. The normalized spacial score (nSPS) is 12.9. The average Bonchev–Trinajstić information content (AvgIpc) is 3.28. The monoisotopic (exact) mass is 872 g/mol. The molecule has 0 fully saturated rings. The van der Waals surface area contributed by atoms with E-state index in [0.717, 1.165) is 25.7 Å². The summed E-state index contributed by atoms with van der Waals surface area (Å²) in [5.41, 5.74) is 0. The molecule has 0 heterocycles. The molecule has 0 saturated heterocycles. The van der Waals surface area contributed by atoms with Crippen LogP contribution in [-0.4, -0.2) is 34.9 Å². The number of rotatable bonds is 53. The van der Waals surface area contributed by atoms with Gasteiger partial charge >= 0.3 is 0 Å². The fourth-order valence-corrected chi connectivity index (χ4v) is 9.06. The van der Waals surface area contributed by atoms with Gasteiger partial charge in [0.15, 0.2) is 0 Å². The van der Waals surface area contributed by atoms with E-state index >= 15 is 0 Å². The number of amides is 1. The third kappa shape index (κ3) is 49.9. The van der Waals surface area contributed by atoms with Gasteiger partial charge in [0.05, 0.1) is 18.8 Å². The summed E-state index contributed by atoms with van der Waals surface area (Å²) in [6.45, 7) is 4.35. The summed E-state index contributed by atoms with van der Waals surface area (Å²) in [5.74, 6) is -0.0585. The molecule has 2 unspecified atom stereocenters. The molecule has 0 rings (SSSR count). The van der Waals surface area contributed by atoms with Crippen molar-refractivity contribution in [2.75, 3.05) is 6.61 Å². The quantitative estimate of drug-likeness (QED) is 0.0421. The Morgan fingerprint density at radius 3 is 0.887 bits per heavy atom. The van der Waals surface area contributed by atoms with Crippen LogP contribution in [0.4, 0.5) is 0 Å². The van der Waals surface area contributed by atoms with Crippen LogP contribution in [0.5, 0.6) is 0 Å². The number of carbonyl (C=O) groups is 1. The van der Waals surface area contributed by atoms with Crippen LogP contribution in [0.3, 0.4) is 0 Å². The molecule has 0 aliphatic carbocycles. The van der Waals surface area contributed by atoms with Crippen molar-refractivity contribution in [1.82, 2.24) is 5.32 Å². The van der Waals surface area contributed by atoms with Crippen LogP contribution in [0.1, 0.15) is 322 Å². The van der Waals surface area contributed by atoms with E-state index in [1.54, 1.807) is 6.08 Å². The molecular formula is C58H113NO3. The highest BCUT2D eigenvalue weighted by Crippen LogP contribution is 2.17. The summed E-state index contributed by atoms with van der Waals surface area (Å²) < 4.78 is 0. The summed E-state index contributed by atoms with van der Waals surface area (Å²) in [6, 6.07) is -0.621. The van der Waals surface area contributed by atoms with Crippen LogP contribution in [-0.2, 0) is 4.79 Å².